The van der Waals surface area contributed by atoms with Crippen LogP contribution in [0.2, 0.25) is 0 Å². The molecule has 0 bridgehead atoms. The van der Waals surface area contributed by atoms with E-state index in [1.54, 1.807) is 0 Å². The molecule has 0 saturated carbocycles. The van der Waals surface area contributed by atoms with Gasteiger partial charge in [0.15, 0.2) is 0 Å². The maximum Gasteiger partial charge on any atom is 0.237 e. The lowest BCUT2D eigenvalue weighted by Gasteiger charge is -2.22. The van der Waals surface area contributed by atoms with Crippen LogP contribution < -0.4 is 4.90 Å². The second-order valence-corrected chi connectivity index (χ2v) is 5.04. The van der Waals surface area contributed by atoms with E-state index in [9.17, 15) is 9.59 Å². The minimum atomic E-state index is -0.200. The molecule has 2 amide bonds. The lowest BCUT2D eigenvalue weighted by atomic mass is 9.88. The van der Waals surface area contributed by atoms with Crippen LogP contribution in [0.3, 0.4) is 0 Å². The molecule has 0 N–H and O–H groups in total. The summed E-state index contributed by atoms with van der Waals surface area (Å²) >= 11 is 0. The fraction of sp³-hybridized carbons (Fsp3) is 0.429. The van der Waals surface area contributed by atoms with Gasteiger partial charge in [-0.25, -0.2) is 0 Å². The van der Waals surface area contributed by atoms with E-state index in [0.717, 1.165) is 18.5 Å². The number of aryl methyl sites for hydroxylation is 2. The van der Waals surface area contributed by atoms with E-state index in [1.807, 2.05) is 32.0 Å². The Kier molecular flexibility index (Phi) is 2.12. The largest absolute Gasteiger partial charge is 0.274 e. The van der Waals surface area contributed by atoms with E-state index in [1.165, 1.54) is 16.0 Å². The van der Waals surface area contributed by atoms with Gasteiger partial charge in [0.25, 0.3) is 0 Å². The summed E-state index contributed by atoms with van der Waals surface area (Å²) in [5.74, 6) is -0.536. The van der Waals surface area contributed by atoms with Gasteiger partial charge in [-0.15, -0.1) is 0 Å². The molecule has 1 aromatic rings. The van der Waals surface area contributed by atoms with Crippen LogP contribution in [-0.2, 0) is 22.4 Å². The summed E-state index contributed by atoms with van der Waals surface area (Å²) in [6.07, 6.45) is 2.18. The minimum Gasteiger partial charge on any atom is -0.274 e. The molecule has 3 rings (SSSR count). The monoisotopic (exact) mass is 229 g/mol. The molecular weight excluding hydrogens is 214 g/mol. The Hall–Kier alpha value is -1.64. The van der Waals surface area contributed by atoms with Crippen molar-refractivity contribution in [1.82, 2.24) is 0 Å². The Bertz CT molecular complexity index is 501. The number of rotatable bonds is 1. The van der Waals surface area contributed by atoms with Crippen LogP contribution in [0, 0.1) is 11.8 Å². The molecule has 88 valence electrons. The molecule has 2 unspecified atom stereocenters. The van der Waals surface area contributed by atoms with Crippen molar-refractivity contribution in [3.05, 3.63) is 29.3 Å². The summed E-state index contributed by atoms with van der Waals surface area (Å²) in [5.41, 5.74) is 3.36. The quantitative estimate of drug-likeness (QED) is 0.690. The van der Waals surface area contributed by atoms with Crippen LogP contribution in [0.25, 0.3) is 0 Å². The van der Waals surface area contributed by atoms with Crippen LogP contribution >= 0.6 is 0 Å². The minimum absolute atomic E-state index is 0.0678. The van der Waals surface area contributed by atoms with Gasteiger partial charge in [-0.3, -0.25) is 14.5 Å². The SMILES string of the molecule is CC1C(=O)N(c2ccc3c(c2)CC3)C(=O)C1C. The first-order valence-electron chi connectivity index (χ1n) is 6.09. The average Bonchev–Trinajstić information content (AvgIpc) is 2.47. The highest BCUT2D eigenvalue weighted by atomic mass is 16.2. The second kappa shape index (κ2) is 3.42. The van der Waals surface area contributed by atoms with Crippen molar-refractivity contribution in [3.63, 3.8) is 0 Å². The van der Waals surface area contributed by atoms with E-state index in [2.05, 4.69) is 0 Å². The molecule has 2 aliphatic rings. The van der Waals surface area contributed by atoms with Crippen LogP contribution in [0.5, 0.6) is 0 Å². The topological polar surface area (TPSA) is 37.4 Å². The van der Waals surface area contributed by atoms with Crippen molar-refractivity contribution in [2.75, 3.05) is 4.90 Å². The molecule has 1 aliphatic heterocycles. The van der Waals surface area contributed by atoms with Gasteiger partial charge in [0.2, 0.25) is 11.8 Å². The molecule has 0 radical (unpaired) electrons. The molecule has 2 atom stereocenters. The number of fused-ring (bicyclic) bond motifs is 1. The first-order valence-corrected chi connectivity index (χ1v) is 6.09. The normalized spacial score (nSPS) is 27.1. The fourth-order valence-corrected chi connectivity index (χ4v) is 2.52. The number of anilines is 1. The van der Waals surface area contributed by atoms with Gasteiger partial charge >= 0.3 is 0 Å². The highest BCUT2D eigenvalue weighted by Gasteiger charge is 2.43. The Labute approximate surface area is 100 Å². The summed E-state index contributed by atoms with van der Waals surface area (Å²) in [4.78, 5) is 25.4. The smallest absolute Gasteiger partial charge is 0.237 e. The van der Waals surface area contributed by atoms with Gasteiger partial charge in [-0.05, 0) is 36.1 Å². The van der Waals surface area contributed by atoms with E-state index in [-0.39, 0.29) is 23.7 Å². The Morgan fingerprint density at radius 2 is 1.59 bits per heavy atom. The Balaban J connectivity index is 2.01. The van der Waals surface area contributed by atoms with E-state index < -0.39 is 0 Å². The molecule has 1 fully saturated rings. The fourth-order valence-electron chi connectivity index (χ4n) is 2.52. The van der Waals surface area contributed by atoms with Crippen LogP contribution in [0.1, 0.15) is 25.0 Å². The molecule has 1 aliphatic carbocycles. The number of hydrogen-bond donors (Lipinski definition) is 0. The Morgan fingerprint density at radius 3 is 2.06 bits per heavy atom. The van der Waals surface area contributed by atoms with Gasteiger partial charge in [0.1, 0.15) is 0 Å². The standard InChI is InChI=1S/C14H15NO2/c1-8-9(2)14(17)15(13(8)16)12-6-5-10-3-4-11(10)7-12/h5-9H,3-4H2,1-2H3. The van der Waals surface area contributed by atoms with Crippen molar-refractivity contribution in [1.29, 1.82) is 0 Å². The van der Waals surface area contributed by atoms with Gasteiger partial charge in [-0.2, -0.15) is 0 Å². The average molecular weight is 229 g/mol. The summed E-state index contributed by atoms with van der Waals surface area (Å²) in [6, 6.07) is 5.90. The summed E-state index contributed by atoms with van der Waals surface area (Å²) < 4.78 is 0. The summed E-state index contributed by atoms with van der Waals surface area (Å²) in [7, 11) is 0. The van der Waals surface area contributed by atoms with E-state index in [0.29, 0.717) is 0 Å². The molecule has 0 aromatic heterocycles. The lowest BCUT2D eigenvalue weighted by molar-refractivity contribution is -0.122. The zero-order valence-electron chi connectivity index (χ0n) is 10.1. The Morgan fingerprint density at radius 1 is 1.00 bits per heavy atom. The molecule has 3 heteroatoms. The molecule has 1 aromatic carbocycles. The van der Waals surface area contributed by atoms with Gasteiger partial charge in [0, 0.05) is 11.8 Å². The summed E-state index contributed by atoms with van der Waals surface area (Å²) in [6.45, 7) is 3.65. The van der Waals surface area contributed by atoms with Crippen molar-refractivity contribution in [2.45, 2.75) is 26.7 Å². The number of nitrogens with zero attached hydrogens (tertiary/aromatic N) is 1. The highest BCUT2D eigenvalue weighted by molar-refractivity contribution is 6.21. The van der Waals surface area contributed by atoms with Crippen molar-refractivity contribution in [2.24, 2.45) is 11.8 Å². The van der Waals surface area contributed by atoms with E-state index in [4.69, 9.17) is 0 Å². The number of hydrogen-bond acceptors (Lipinski definition) is 2. The summed E-state index contributed by atoms with van der Waals surface area (Å²) in [5, 5.41) is 0. The van der Waals surface area contributed by atoms with Crippen LogP contribution in [-0.4, -0.2) is 11.8 Å². The first-order chi connectivity index (χ1) is 8.09. The third-order valence-electron chi connectivity index (χ3n) is 4.08. The van der Waals surface area contributed by atoms with Crippen molar-refractivity contribution >= 4 is 17.5 Å². The zero-order chi connectivity index (χ0) is 12.2. The van der Waals surface area contributed by atoms with Gasteiger partial charge in [0.05, 0.1) is 5.69 Å². The number of benzene rings is 1. The number of amides is 2. The van der Waals surface area contributed by atoms with Crippen molar-refractivity contribution < 1.29 is 9.59 Å². The predicted molar refractivity (Wildman–Crippen MR) is 64.7 cm³/mol. The third kappa shape index (κ3) is 1.35. The number of imide groups is 1. The second-order valence-electron chi connectivity index (χ2n) is 5.04. The maximum absolute atomic E-state index is 12.0. The molecular formula is C14H15NO2. The maximum atomic E-state index is 12.0. The highest BCUT2D eigenvalue weighted by Crippen LogP contribution is 2.33. The third-order valence-corrected chi connectivity index (χ3v) is 4.08. The molecule has 0 spiro atoms. The first kappa shape index (κ1) is 10.5. The van der Waals surface area contributed by atoms with Gasteiger partial charge < -0.3 is 0 Å². The molecule has 3 nitrogen and oxygen atoms in total. The molecule has 17 heavy (non-hydrogen) atoms. The lowest BCUT2D eigenvalue weighted by Crippen LogP contribution is -2.31. The number of carbonyl (C=O) groups is 2. The van der Waals surface area contributed by atoms with Crippen LogP contribution in [0.15, 0.2) is 18.2 Å². The van der Waals surface area contributed by atoms with E-state index >= 15 is 0 Å². The van der Waals surface area contributed by atoms with Crippen molar-refractivity contribution in [3.8, 4) is 0 Å². The van der Waals surface area contributed by atoms with Gasteiger partial charge in [-0.1, -0.05) is 19.9 Å². The molecule has 1 saturated heterocycles. The zero-order valence-corrected chi connectivity index (χ0v) is 10.1. The number of carbonyl (C=O) groups excluding carboxylic acids is 2. The predicted octanol–water partition coefficient (Wildman–Crippen LogP) is 1.93. The molecule has 1 heterocycles. The van der Waals surface area contributed by atoms with Crippen LogP contribution in [0.4, 0.5) is 5.69 Å².